The third-order valence-corrected chi connectivity index (χ3v) is 4.01. The van der Waals surface area contributed by atoms with Gasteiger partial charge in [0, 0.05) is 38.3 Å². The van der Waals surface area contributed by atoms with Crippen molar-refractivity contribution in [3.63, 3.8) is 0 Å². The summed E-state index contributed by atoms with van der Waals surface area (Å²) in [6, 6.07) is 5.37. The molecule has 0 aliphatic heterocycles. The fourth-order valence-electron chi connectivity index (χ4n) is 1.34. The molecule has 0 aliphatic rings. The number of non-ortho nitro benzene ring substituents is 1. The van der Waals surface area contributed by atoms with Gasteiger partial charge in [0.2, 0.25) is 5.91 Å². The fourth-order valence-corrected chi connectivity index (χ4v) is 1.92. The summed E-state index contributed by atoms with van der Waals surface area (Å²) >= 11 is 0. The van der Waals surface area contributed by atoms with Crippen LogP contribution in [0.5, 0.6) is 5.75 Å². The lowest BCUT2D eigenvalue weighted by atomic mass is 10.3. The second-order valence-corrected chi connectivity index (χ2v) is 9.44. The van der Waals surface area contributed by atoms with Crippen LogP contribution < -0.4 is 15.8 Å². The normalized spacial score (nSPS) is 13.6. The Morgan fingerprint density at radius 3 is 1.88 bits per heavy atom. The average Bonchev–Trinajstić information content (AvgIpc) is 2.67. The Bertz CT molecular complexity index is 806. The van der Waals surface area contributed by atoms with Crippen molar-refractivity contribution in [2.75, 3.05) is 26.8 Å². The molecule has 2 atom stereocenters. The second-order valence-electron chi connectivity index (χ2n) is 5.71. The zero-order valence-electron chi connectivity index (χ0n) is 18.1. The number of hydrogen-bond donors (Lipinski definition) is 4. The first kappa shape index (κ1) is 32.0. The second kappa shape index (κ2) is 16.5. The number of rotatable bonds is 9. The fraction of sp³-hybridized carbons (Fsp3) is 0.500. The molecule has 16 heteroatoms. The van der Waals surface area contributed by atoms with Gasteiger partial charge in [-0.05, 0) is 12.1 Å². The largest absolute Gasteiger partial charge is 0.427 e. The van der Waals surface area contributed by atoms with Crippen molar-refractivity contribution in [2.24, 2.45) is 5.73 Å². The van der Waals surface area contributed by atoms with Crippen molar-refractivity contribution in [2.45, 2.75) is 26.7 Å². The molecule has 0 fully saturated rings. The van der Waals surface area contributed by atoms with Gasteiger partial charge in [-0.1, -0.05) is 13.8 Å². The van der Waals surface area contributed by atoms with Gasteiger partial charge in [0.25, 0.3) is 5.69 Å². The van der Waals surface area contributed by atoms with Gasteiger partial charge in [-0.2, -0.15) is 0 Å². The van der Waals surface area contributed by atoms with E-state index in [0.29, 0.717) is 12.2 Å². The van der Waals surface area contributed by atoms with E-state index in [1.54, 1.807) is 13.8 Å². The molecule has 2 unspecified atom stereocenters. The Morgan fingerprint density at radius 2 is 1.56 bits per heavy atom. The third-order valence-electron chi connectivity index (χ3n) is 2.78. The van der Waals surface area contributed by atoms with Crippen molar-refractivity contribution >= 4 is 32.8 Å². The lowest BCUT2D eigenvalue weighted by molar-refractivity contribution is -0.384. The Kier molecular flexibility index (Phi) is 16.5. The van der Waals surface area contributed by atoms with Crippen molar-refractivity contribution in [1.29, 1.82) is 0 Å². The van der Waals surface area contributed by atoms with Crippen LogP contribution >= 0.6 is 15.2 Å². The first-order valence-electron chi connectivity index (χ1n) is 8.96. The van der Waals surface area contributed by atoms with Crippen molar-refractivity contribution in [1.82, 2.24) is 5.32 Å². The number of nitro benzene ring substituents is 1. The molecule has 184 valence electrons. The van der Waals surface area contributed by atoms with E-state index in [9.17, 15) is 28.8 Å². The molecule has 14 nitrogen and oxygen atoms in total. The molecule has 0 aliphatic carbocycles. The van der Waals surface area contributed by atoms with Crippen LogP contribution in [0.3, 0.4) is 0 Å². The van der Waals surface area contributed by atoms with Crippen LogP contribution in [0.4, 0.5) is 5.69 Å². The molecular weight excluding hydrogens is 472 g/mol. The molecule has 1 amide bonds. The minimum Gasteiger partial charge on any atom is -0.427 e. The van der Waals surface area contributed by atoms with E-state index in [0.717, 1.165) is 13.3 Å². The molecular formula is C16H29N3O11P2. The Hall–Kier alpha value is -2.18. The topological polar surface area (TPSA) is 218 Å². The van der Waals surface area contributed by atoms with E-state index in [1.807, 2.05) is 0 Å². The minimum absolute atomic E-state index is 0.0266. The number of benzene rings is 1. The zero-order chi connectivity index (χ0) is 25.4. The van der Waals surface area contributed by atoms with Gasteiger partial charge in [-0.15, -0.1) is 0 Å². The quantitative estimate of drug-likeness (QED) is 0.0953. The van der Waals surface area contributed by atoms with Crippen LogP contribution in [-0.2, 0) is 27.8 Å². The van der Waals surface area contributed by atoms with Crippen LogP contribution in [0.15, 0.2) is 24.3 Å². The highest BCUT2D eigenvalue weighted by atomic mass is 31.2. The SMILES string of the molecule is CCC(=O)NCOP(C)(=O)O.CCC(=O)Oc1ccc([N+](=O)[O-])cc1.CP(=O)(O)OCN. The number of carbonyl (C=O) groups is 2. The highest BCUT2D eigenvalue weighted by Crippen LogP contribution is 2.35. The van der Waals surface area contributed by atoms with Gasteiger partial charge in [0.15, 0.2) is 0 Å². The van der Waals surface area contributed by atoms with Crippen LogP contribution in [-0.4, -0.2) is 53.4 Å². The Morgan fingerprint density at radius 1 is 1.06 bits per heavy atom. The maximum atomic E-state index is 10.8. The summed E-state index contributed by atoms with van der Waals surface area (Å²) in [5.41, 5.74) is 4.73. The van der Waals surface area contributed by atoms with Gasteiger partial charge in [-0.25, -0.2) is 0 Å². The number of ether oxygens (including phenoxy) is 1. The third kappa shape index (κ3) is 21.1. The molecule has 32 heavy (non-hydrogen) atoms. The van der Waals surface area contributed by atoms with Crippen LogP contribution in [0.25, 0.3) is 0 Å². The maximum absolute atomic E-state index is 10.8. The molecule has 0 bridgehead atoms. The Balaban J connectivity index is 0. The molecule has 1 rings (SSSR count). The van der Waals surface area contributed by atoms with Crippen molar-refractivity contribution in [3.05, 3.63) is 34.4 Å². The van der Waals surface area contributed by atoms with Gasteiger partial charge in [-0.3, -0.25) is 37.9 Å². The van der Waals surface area contributed by atoms with Gasteiger partial charge in [0.1, 0.15) is 19.2 Å². The summed E-state index contributed by atoms with van der Waals surface area (Å²) in [6.45, 7) is 5.08. The Labute approximate surface area is 185 Å². The molecule has 1 aromatic rings. The first-order valence-corrected chi connectivity index (χ1v) is 13.0. The predicted molar refractivity (Wildman–Crippen MR) is 115 cm³/mol. The molecule has 1 aromatic carbocycles. The van der Waals surface area contributed by atoms with Crippen molar-refractivity contribution in [3.8, 4) is 5.75 Å². The minimum atomic E-state index is -3.45. The van der Waals surface area contributed by atoms with E-state index < -0.39 is 20.1 Å². The molecule has 0 spiro atoms. The lowest BCUT2D eigenvalue weighted by Gasteiger charge is -2.06. The van der Waals surface area contributed by atoms with E-state index in [2.05, 4.69) is 14.4 Å². The highest BCUT2D eigenvalue weighted by Gasteiger charge is 2.09. The number of nitrogens with zero attached hydrogens (tertiary/aromatic N) is 1. The van der Waals surface area contributed by atoms with Gasteiger partial charge >= 0.3 is 21.2 Å². The highest BCUT2D eigenvalue weighted by molar-refractivity contribution is 7.52. The zero-order valence-corrected chi connectivity index (χ0v) is 19.9. The van der Waals surface area contributed by atoms with Crippen LogP contribution in [0.2, 0.25) is 0 Å². The number of hydrogen-bond acceptors (Lipinski definition) is 10. The van der Waals surface area contributed by atoms with Crippen molar-refractivity contribution < 1.29 is 47.2 Å². The molecule has 0 heterocycles. The number of esters is 1. The van der Waals surface area contributed by atoms with Crippen LogP contribution in [0, 0.1) is 10.1 Å². The maximum Gasteiger partial charge on any atom is 0.326 e. The lowest BCUT2D eigenvalue weighted by Crippen LogP contribution is -2.24. The number of nitrogens with two attached hydrogens (primary N) is 1. The summed E-state index contributed by atoms with van der Waals surface area (Å²) in [5, 5.41) is 12.6. The summed E-state index contributed by atoms with van der Waals surface area (Å²) in [5.74, 6) is -0.250. The average molecular weight is 501 g/mol. The molecule has 5 N–H and O–H groups in total. The van der Waals surface area contributed by atoms with E-state index in [4.69, 9.17) is 20.3 Å². The van der Waals surface area contributed by atoms with Gasteiger partial charge < -0.3 is 25.6 Å². The summed E-state index contributed by atoms with van der Waals surface area (Å²) in [7, 11) is -6.74. The van der Waals surface area contributed by atoms with E-state index in [-0.39, 0.29) is 37.4 Å². The molecule has 0 saturated heterocycles. The summed E-state index contributed by atoms with van der Waals surface area (Å²) in [4.78, 5) is 48.0. The number of nitro groups is 1. The molecule has 0 aromatic heterocycles. The smallest absolute Gasteiger partial charge is 0.326 e. The monoisotopic (exact) mass is 501 g/mol. The standard InChI is InChI=1S/C9H9NO4.C5H12NO4P.C2H8NO3P/c1-2-9(11)14-8-5-3-7(4-6-8)10(12)13;1-3-5(7)6-4-10-11(2,8)9;1-7(4,5)6-2-3/h3-6H,2H2,1H3;3-4H2,1-2H3,(H,6,7)(H,8,9);2-3H2,1H3,(H,4,5). The number of amides is 1. The van der Waals surface area contributed by atoms with E-state index >= 15 is 0 Å². The summed E-state index contributed by atoms with van der Waals surface area (Å²) in [6.07, 6.45) is 0.611. The predicted octanol–water partition coefficient (Wildman–Crippen LogP) is 1.95. The van der Waals surface area contributed by atoms with Crippen LogP contribution in [0.1, 0.15) is 26.7 Å². The molecule has 0 radical (unpaired) electrons. The number of carbonyl (C=O) groups excluding carboxylic acids is 2. The first-order chi connectivity index (χ1) is 14.6. The van der Waals surface area contributed by atoms with Gasteiger partial charge in [0.05, 0.1) is 4.92 Å². The molecule has 0 saturated carbocycles. The van der Waals surface area contributed by atoms with E-state index in [1.165, 1.54) is 24.3 Å². The summed E-state index contributed by atoms with van der Waals surface area (Å²) < 4.78 is 33.9. The number of nitrogens with one attached hydrogen (secondary N) is 1.